The number of hydrogen-bond acceptors (Lipinski definition) is 22. The molecule has 3 saturated heterocycles. The summed E-state index contributed by atoms with van der Waals surface area (Å²) >= 11 is 19.5. The van der Waals surface area contributed by atoms with Crippen LogP contribution in [0, 0.1) is 0 Å². The maximum atomic E-state index is 13.5. The molecule has 115 heavy (non-hydrogen) atoms. The summed E-state index contributed by atoms with van der Waals surface area (Å²) in [6.45, 7) is 1.79. The number of carbonyl (C=O) groups excluding carboxylic acids is 3. The number of rotatable bonds is 18. The summed E-state index contributed by atoms with van der Waals surface area (Å²) in [5.74, 6) is 2.07. The number of aliphatic hydroxyl groups excluding tert-OH is 6. The molecule has 0 radical (unpaired) electrons. The number of aromatic nitrogens is 7. The van der Waals surface area contributed by atoms with E-state index in [1.54, 1.807) is 18.2 Å². The first-order valence-corrected chi connectivity index (χ1v) is 36.2. The van der Waals surface area contributed by atoms with Crippen LogP contribution in [0.4, 0.5) is 106 Å². The summed E-state index contributed by atoms with van der Waals surface area (Å²) in [5, 5.41) is 63.7. The normalized spacial score (nSPS) is 17.1. The van der Waals surface area contributed by atoms with Crippen LogP contribution in [0.1, 0.15) is 36.0 Å². The Hall–Kier alpha value is -10.6. The SMILES string of the molecule is Cl.O=C(Nc1cc(OC[C@H](O)CO)ccn1)N1c2nc(-c3cccc(C(F)(F)F)c3)c(Cl)cc2N2CC[C@H]1C2.O=C(Nc1cc(OC[C@H](O)CO)ccn1)N1c2nc(-c3cccc(C(F)(F)F)c3)c(Cl)cc2N2CC[C@H]1C2.O=C(Nc1cnc(OC[C@@H](O)CO)cn1)N1c2nc(-c3cccc(C(F)(F)F)c3)c(Cl)cc2N2CC[C@H]1C2. The number of nitrogens with zero attached hydrogens (tertiary/aromatic N) is 13. The second-order valence-electron chi connectivity index (χ2n) is 26.7. The molecule has 6 aliphatic heterocycles. The van der Waals surface area contributed by atoms with Gasteiger partial charge in [-0.3, -0.25) is 30.7 Å². The number of pyridine rings is 5. The first-order chi connectivity index (χ1) is 54.4. The molecule has 9 N–H and O–H groups in total. The predicted molar refractivity (Wildman–Crippen MR) is 409 cm³/mol. The molecule has 6 aliphatic rings. The summed E-state index contributed by atoms with van der Waals surface area (Å²) in [4.78, 5) is 81.1. The summed E-state index contributed by atoms with van der Waals surface area (Å²) < 4.78 is 136. The molecule has 0 saturated carbocycles. The van der Waals surface area contributed by atoms with E-state index in [-0.39, 0.29) is 140 Å². The van der Waals surface area contributed by atoms with Crippen molar-refractivity contribution in [2.45, 2.75) is 74.2 Å². The van der Waals surface area contributed by atoms with E-state index in [4.69, 9.17) is 64.3 Å². The average Bonchev–Trinajstić information content (AvgIpc) is 1.64. The fourth-order valence-corrected chi connectivity index (χ4v) is 14.2. The van der Waals surface area contributed by atoms with Crippen molar-refractivity contribution < 1.29 is 98.7 Å². The van der Waals surface area contributed by atoms with Crippen molar-refractivity contribution in [2.24, 2.45) is 0 Å². The molecule has 6 amide bonds. The average molecular weight is 1690 g/mol. The summed E-state index contributed by atoms with van der Waals surface area (Å²) in [5.41, 5.74) is 0.253. The Balaban J connectivity index is 0.000000159. The van der Waals surface area contributed by atoms with Crippen molar-refractivity contribution in [3.8, 4) is 51.2 Å². The Morgan fingerprint density at radius 2 is 0.774 bits per heavy atom. The van der Waals surface area contributed by atoms with Gasteiger partial charge in [-0.25, -0.2) is 49.3 Å². The standard InChI is InChI=1S/2C25H23ClF3N5O4.C24H22ClF3N6O4.ClH/c2*26-19-10-20-23(32-22(19)14-2-1-3-15(8-14)25(27,28)29)34(16-5-7-33(20)11-16)24(37)31-21-9-18(4-6-30-21)38-13-17(36)12-35;25-17-7-18-22(32-21(17)13-2-1-3-14(6-13)24(26,27)28)34(15-4-5-33(18)10-15)23(37)31-19-8-30-20(9-29-19)38-12-16(36)11-35;/h2*1-4,6,8-10,16-17,35-36H,5,7,11-13H2,(H,30,31,37);1-3,6-9,15-16,35-36H,4-5,10-12H2,(H,29,31,37);1H/t2*16-,17+;15-,16-;/m000./s1. The van der Waals surface area contributed by atoms with E-state index >= 15 is 0 Å². The number of ether oxygens (including phenoxy) is 3. The number of anilines is 9. The van der Waals surface area contributed by atoms with Gasteiger partial charge in [-0.05, 0) is 86.0 Å². The Labute approximate surface area is 669 Å². The van der Waals surface area contributed by atoms with Crippen LogP contribution in [0.15, 0.2) is 140 Å². The Morgan fingerprint density at radius 1 is 0.443 bits per heavy atom. The van der Waals surface area contributed by atoms with Gasteiger partial charge in [0.25, 0.3) is 0 Å². The van der Waals surface area contributed by atoms with E-state index in [1.807, 2.05) is 14.7 Å². The van der Waals surface area contributed by atoms with E-state index in [2.05, 4.69) is 50.8 Å². The number of aliphatic hydroxyl groups is 6. The maximum absolute atomic E-state index is 13.5. The number of fused-ring (bicyclic) bond motifs is 12. The molecule has 41 heteroatoms. The minimum atomic E-state index is -4.53. The first kappa shape index (κ1) is 83.8. The number of urea groups is 3. The second kappa shape index (κ2) is 35.2. The van der Waals surface area contributed by atoms with Gasteiger partial charge >= 0.3 is 36.6 Å². The number of benzene rings is 3. The molecule has 3 aromatic carbocycles. The second-order valence-corrected chi connectivity index (χ2v) is 27.9. The lowest BCUT2D eigenvalue weighted by atomic mass is 10.1. The van der Waals surface area contributed by atoms with Gasteiger partial charge in [-0.2, -0.15) is 39.5 Å². The van der Waals surface area contributed by atoms with Crippen LogP contribution in [0.2, 0.25) is 15.1 Å². The number of alkyl halides is 9. The Kier molecular flexibility index (Phi) is 25.7. The maximum Gasteiger partial charge on any atom is 0.416 e. The van der Waals surface area contributed by atoms with Crippen LogP contribution in [-0.4, -0.2) is 199 Å². The molecule has 15 rings (SSSR count). The summed E-state index contributed by atoms with van der Waals surface area (Å²) in [7, 11) is 0. The largest absolute Gasteiger partial charge is 0.491 e. The highest BCUT2D eigenvalue weighted by Gasteiger charge is 2.45. The molecular weight excluding hydrogens is 1620 g/mol. The molecule has 6 atom stereocenters. The molecule has 28 nitrogen and oxygen atoms in total. The molecular formula is C74H69Cl4F9N16O12. The number of halogens is 13. The molecule has 608 valence electrons. The molecule has 0 spiro atoms. The molecule has 3 fully saturated rings. The Bertz CT molecular complexity index is 4830. The van der Waals surface area contributed by atoms with Crippen LogP contribution < -0.4 is 59.6 Å². The van der Waals surface area contributed by atoms with Crippen molar-refractivity contribution in [1.82, 2.24) is 34.9 Å². The number of hydrogen-bond donors (Lipinski definition) is 9. The van der Waals surface area contributed by atoms with Gasteiger partial charge in [-0.1, -0.05) is 71.2 Å². The van der Waals surface area contributed by atoms with E-state index in [0.717, 1.165) is 36.4 Å². The lowest BCUT2D eigenvalue weighted by Crippen LogP contribution is -2.48. The third kappa shape index (κ3) is 19.2. The zero-order valence-electron chi connectivity index (χ0n) is 59.7. The highest BCUT2D eigenvalue weighted by molar-refractivity contribution is 6.34. The van der Waals surface area contributed by atoms with Gasteiger partial charge in [0, 0.05) is 80.5 Å². The van der Waals surface area contributed by atoms with Crippen molar-refractivity contribution >= 4 is 117 Å². The predicted octanol–water partition coefficient (Wildman–Crippen LogP) is 12.4. The lowest BCUT2D eigenvalue weighted by molar-refractivity contribution is -0.138. The van der Waals surface area contributed by atoms with Crippen LogP contribution in [-0.2, 0) is 18.5 Å². The van der Waals surface area contributed by atoms with Gasteiger partial charge in [0.2, 0.25) is 5.88 Å². The van der Waals surface area contributed by atoms with Gasteiger partial charge < -0.3 is 59.5 Å². The Morgan fingerprint density at radius 3 is 1.09 bits per heavy atom. The van der Waals surface area contributed by atoms with Gasteiger partial charge in [0.15, 0.2) is 23.3 Å². The topological polar surface area (TPSA) is 346 Å². The van der Waals surface area contributed by atoms with Gasteiger partial charge in [0.1, 0.15) is 61.3 Å². The van der Waals surface area contributed by atoms with Crippen LogP contribution in [0.5, 0.6) is 17.4 Å². The molecule has 9 aromatic rings. The molecule has 6 bridgehead atoms. The van der Waals surface area contributed by atoms with E-state index in [0.29, 0.717) is 87.1 Å². The lowest BCUT2D eigenvalue weighted by Gasteiger charge is -2.36. The van der Waals surface area contributed by atoms with Gasteiger partial charge in [0.05, 0.1) is 116 Å². The van der Waals surface area contributed by atoms with E-state index in [1.165, 1.54) is 100 Å². The smallest absolute Gasteiger partial charge is 0.416 e. The third-order valence-corrected chi connectivity index (χ3v) is 19.7. The molecule has 6 aromatic heterocycles. The highest BCUT2D eigenvalue weighted by atomic mass is 35.5. The molecule has 0 aliphatic carbocycles. The number of carbonyl (C=O) groups is 3. The van der Waals surface area contributed by atoms with Crippen molar-refractivity contribution in [1.29, 1.82) is 0 Å². The third-order valence-electron chi connectivity index (χ3n) is 18.9. The highest BCUT2D eigenvalue weighted by Crippen LogP contribution is 2.48. The summed E-state index contributed by atoms with van der Waals surface area (Å²) in [6.07, 6.45) is -9.43. The summed E-state index contributed by atoms with van der Waals surface area (Å²) in [6, 6.07) is 22.8. The fraction of sp³-hybridized carbons (Fsp3) is 0.324. The first-order valence-electron chi connectivity index (χ1n) is 35.1. The minimum absolute atomic E-state index is 0. The zero-order chi connectivity index (χ0) is 81.1. The van der Waals surface area contributed by atoms with Crippen molar-refractivity contribution in [3.63, 3.8) is 0 Å². The van der Waals surface area contributed by atoms with E-state index < -0.39 is 91.4 Å². The molecule has 0 unspecified atom stereocenters. The van der Waals surface area contributed by atoms with Crippen molar-refractivity contribution in [2.75, 3.05) is 124 Å². The van der Waals surface area contributed by atoms with Crippen LogP contribution in [0.3, 0.4) is 0 Å². The van der Waals surface area contributed by atoms with Crippen LogP contribution in [0.25, 0.3) is 33.8 Å². The number of nitrogens with one attached hydrogen (secondary N) is 3. The van der Waals surface area contributed by atoms with Crippen molar-refractivity contribution in [3.05, 3.63) is 172 Å². The monoisotopic (exact) mass is 1680 g/mol. The zero-order valence-corrected chi connectivity index (χ0v) is 62.8. The van der Waals surface area contributed by atoms with Gasteiger partial charge in [-0.15, -0.1) is 12.4 Å². The minimum Gasteiger partial charge on any atom is -0.491 e. The number of amides is 6. The van der Waals surface area contributed by atoms with E-state index in [9.17, 15) is 69.2 Å². The quantitative estimate of drug-likeness (QED) is 0.0360. The fourth-order valence-electron chi connectivity index (χ4n) is 13.4. The molecule has 12 heterocycles. The van der Waals surface area contributed by atoms with Crippen LogP contribution >= 0.6 is 47.2 Å².